The van der Waals surface area contributed by atoms with Crippen molar-refractivity contribution in [3.63, 3.8) is 0 Å². The van der Waals surface area contributed by atoms with Crippen molar-refractivity contribution in [3.05, 3.63) is 0 Å². The molecule has 0 amide bonds. The Hall–Kier alpha value is 3.25. The summed E-state index contributed by atoms with van der Waals surface area (Å²) in [4.78, 5) is 0. The Morgan fingerprint density at radius 2 is 1.61 bits per heavy atom. The van der Waals surface area contributed by atoms with Gasteiger partial charge in [0, 0.05) is 23.4 Å². The molecule has 2 atom stereocenters. The van der Waals surface area contributed by atoms with E-state index in [1.807, 2.05) is 0 Å². The van der Waals surface area contributed by atoms with Gasteiger partial charge >= 0.3 is 6.12 Å². The Kier molecular flexibility index (Phi) is 14.4. The van der Waals surface area contributed by atoms with Crippen LogP contribution in [0.15, 0.2) is 0 Å². The zero-order valence-electron chi connectivity index (χ0n) is 22.0. The van der Waals surface area contributed by atoms with Crippen LogP contribution in [0.4, 0.5) is 0 Å². The van der Waals surface area contributed by atoms with Gasteiger partial charge in [0.25, 0.3) is 0 Å². The van der Waals surface area contributed by atoms with E-state index in [0.29, 0.717) is 56.1 Å². The van der Waals surface area contributed by atoms with Crippen molar-refractivity contribution in [2.24, 2.45) is 16.2 Å². The average molecular weight is 698 g/mol. The molecule has 2 rings (SSSR count). The molecular weight excluding hydrogens is 657 g/mol. The standard InChI is InChI=1S/C19H41O7P4S6/c1-17(2,8-21-7)9-22-27(31)34-14-28(20,15-35-29(32)23-10-18(3,4)11-24-29)16-36-30(33)25-12-19(5,6)13-26-30/h31-32H,8-16H2,1-7H3/q+1. The van der Waals surface area contributed by atoms with Gasteiger partial charge in [0.1, 0.15) is 38.3 Å². The number of hydrogen-bond acceptors (Lipinski definition) is 13. The SMILES string of the molecule is COCC(C)(C)COP(S)SCP(=O)(CSP1(=S)OCC(C)(C)CO1)CS[P+]1(S)OCC(C)(C)CO1. The van der Waals surface area contributed by atoms with Gasteiger partial charge in [-0.25, -0.2) is 0 Å². The maximum Gasteiger partial charge on any atom is 0.392 e. The molecule has 0 bridgehead atoms. The van der Waals surface area contributed by atoms with Gasteiger partial charge in [-0.05, 0) is 11.8 Å². The first-order valence-electron chi connectivity index (χ1n) is 11.3. The van der Waals surface area contributed by atoms with Crippen LogP contribution in [0.3, 0.4) is 0 Å². The molecule has 0 saturated carbocycles. The molecule has 214 valence electrons. The van der Waals surface area contributed by atoms with Gasteiger partial charge in [0.2, 0.25) is 5.69 Å². The lowest BCUT2D eigenvalue weighted by Gasteiger charge is -2.36. The number of rotatable bonds is 14. The third-order valence-electron chi connectivity index (χ3n) is 4.88. The second-order valence-electron chi connectivity index (χ2n) is 11.3. The molecule has 2 aliphatic heterocycles. The first-order valence-corrected chi connectivity index (χ1v) is 26.2. The first kappa shape index (κ1) is 35.4. The van der Waals surface area contributed by atoms with Crippen LogP contribution >= 0.6 is 84.2 Å². The Morgan fingerprint density at radius 3 is 2.17 bits per heavy atom. The Labute approximate surface area is 247 Å². The summed E-state index contributed by atoms with van der Waals surface area (Å²) in [6, 6.07) is 0. The number of hydrogen-bond donors (Lipinski definition) is 2. The van der Waals surface area contributed by atoms with Gasteiger partial charge in [0.15, 0.2) is 0 Å². The molecule has 36 heavy (non-hydrogen) atoms. The van der Waals surface area contributed by atoms with Crippen molar-refractivity contribution < 1.29 is 31.9 Å². The molecule has 0 aromatic carbocycles. The fourth-order valence-corrected chi connectivity index (χ4v) is 28.6. The van der Waals surface area contributed by atoms with Gasteiger partial charge in [-0.3, -0.25) is 0 Å². The molecule has 0 aromatic rings. The Morgan fingerprint density at radius 1 is 1.06 bits per heavy atom. The molecule has 7 nitrogen and oxygen atoms in total. The van der Waals surface area contributed by atoms with Gasteiger partial charge in [-0.1, -0.05) is 64.3 Å². The van der Waals surface area contributed by atoms with E-state index in [0.717, 1.165) is 0 Å². The Balaban J connectivity index is 2.00. The summed E-state index contributed by atoms with van der Waals surface area (Å²) in [6.07, 6.45) is -2.44. The molecule has 2 unspecified atom stereocenters. The monoisotopic (exact) mass is 697 g/mol. The largest absolute Gasteiger partial charge is 0.392 e. The summed E-state index contributed by atoms with van der Waals surface area (Å²) < 4.78 is 49.4. The van der Waals surface area contributed by atoms with E-state index in [-0.39, 0.29) is 16.2 Å². The summed E-state index contributed by atoms with van der Waals surface area (Å²) >= 11 is 19.4. The third-order valence-corrected chi connectivity index (χ3v) is 26.9. The average Bonchev–Trinajstić information content (AvgIpc) is 2.79. The van der Waals surface area contributed by atoms with E-state index < -0.39 is 25.5 Å². The van der Waals surface area contributed by atoms with E-state index in [9.17, 15) is 4.57 Å². The van der Waals surface area contributed by atoms with Crippen molar-refractivity contribution in [2.45, 2.75) is 41.5 Å². The lowest BCUT2D eigenvalue weighted by Crippen LogP contribution is -2.29. The third kappa shape index (κ3) is 13.0. The van der Waals surface area contributed by atoms with Crippen molar-refractivity contribution in [1.29, 1.82) is 0 Å². The van der Waals surface area contributed by atoms with Crippen LogP contribution in [0.1, 0.15) is 41.5 Å². The molecule has 0 aliphatic carbocycles. The summed E-state index contributed by atoms with van der Waals surface area (Å²) in [6.45, 7) is 14.7. The molecular formula is C19H41O7P4S6+. The molecule has 17 heteroatoms. The number of methoxy groups -OCH3 is 1. The maximum absolute atomic E-state index is 14.2. The highest BCUT2D eigenvalue weighted by molar-refractivity contribution is 8.88. The van der Waals surface area contributed by atoms with Crippen LogP contribution in [0.2, 0.25) is 0 Å². The van der Waals surface area contributed by atoms with Crippen LogP contribution in [0.5, 0.6) is 0 Å². The smallest absolute Gasteiger partial charge is 0.384 e. The van der Waals surface area contributed by atoms with Gasteiger partial charge in [-0.15, -0.1) is 12.2 Å². The van der Waals surface area contributed by atoms with Crippen LogP contribution in [-0.2, 0) is 43.7 Å². The molecule has 2 aliphatic rings. The molecule has 0 aromatic heterocycles. The minimum Gasteiger partial charge on any atom is -0.384 e. The van der Waals surface area contributed by atoms with E-state index in [1.54, 1.807) is 7.11 Å². The minimum atomic E-state index is -2.76. The minimum absolute atomic E-state index is 0.0550. The maximum atomic E-state index is 14.2. The molecule has 0 radical (unpaired) electrons. The van der Waals surface area contributed by atoms with Gasteiger partial charge in [0.05, 0.1) is 55.2 Å². The Bertz CT molecular complexity index is 795. The van der Waals surface area contributed by atoms with Gasteiger partial charge < -0.3 is 22.9 Å². The highest BCUT2D eigenvalue weighted by Gasteiger charge is 2.50. The van der Waals surface area contributed by atoms with Crippen LogP contribution < -0.4 is 0 Å². The van der Waals surface area contributed by atoms with E-state index in [4.69, 9.17) is 51.4 Å². The number of thiol groups is 2. The fourth-order valence-electron chi connectivity index (χ4n) is 2.65. The summed E-state index contributed by atoms with van der Waals surface area (Å²) in [5.41, 5.74) is -1.65. The lowest BCUT2D eigenvalue weighted by atomic mass is 9.97. The second kappa shape index (κ2) is 14.6. The van der Waals surface area contributed by atoms with E-state index >= 15 is 0 Å². The van der Waals surface area contributed by atoms with E-state index in [1.165, 1.54) is 34.1 Å². The normalized spacial score (nSPS) is 25.7. The summed E-state index contributed by atoms with van der Waals surface area (Å²) in [5, 5.41) is 0. The molecule has 2 fully saturated rings. The second-order valence-corrected chi connectivity index (χ2v) is 33.5. The molecule has 0 spiro atoms. The highest BCUT2D eigenvalue weighted by atomic mass is 33.1. The van der Waals surface area contributed by atoms with Crippen molar-refractivity contribution in [3.8, 4) is 0 Å². The van der Waals surface area contributed by atoms with Crippen LogP contribution in [-0.4, -0.2) is 63.2 Å². The van der Waals surface area contributed by atoms with E-state index in [2.05, 4.69) is 53.8 Å². The highest BCUT2D eigenvalue weighted by Crippen LogP contribution is 2.81. The quantitative estimate of drug-likeness (QED) is 0.135. The molecule has 2 heterocycles. The predicted molar refractivity (Wildman–Crippen MR) is 174 cm³/mol. The van der Waals surface area contributed by atoms with Gasteiger partial charge in [-0.2, -0.15) is 9.05 Å². The first-order chi connectivity index (χ1) is 16.4. The topological polar surface area (TPSA) is 72.5 Å². The number of ether oxygens (including phenoxy) is 1. The van der Waals surface area contributed by atoms with Crippen molar-refractivity contribution in [1.82, 2.24) is 0 Å². The summed E-state index contributed by atoms with van der Waals surface area (Å²) in [5.74, 6) is 0. The summed E-state index contributed by atoms with van der Waals surface area (Å²) in [7, 11) is -1.08. The molecule has 0 N–H and O–H groups in total. The fraction of sp³-hybridized carbons (Fsp3) is 1.00. The van der Waals surface area contributed by atoms with Crippen LogP contribution in [0, 0.1) is 16.2 Å². The molecule has 2 saturated heterocycles. The zero-order valence-corrected chi connectivity index (χ0v) is 30.7. The van der Waals surface area contributed by atoms with Crippen LogP contribution in [0.25, 0.3) is 0 Å². The van der Waals surface area contributed by atoms with Crippen molar-refractivity contribution >= 4 is 96.0 Å². The lowest BCUT2D eigenvalue weighted by molar-refractivity contribution is 0.0658. The zero-order chi connectivity index (χ0) is 27.3. The predicted octanol–water partition coefficient (Wildman–Crippen LogP) is 9.25. The van der Waals surface area contributed by atoms with Crippen molar-refractivity contribution in [2.75, 3.05) is 63.2 Å².